The van der Waals surface area contributed by atoms with Crippen molar-refractivity contribution in [3.63, 3.8) is 0 Å². The highest BCUT2D eigenvalue weighted by molar-refractivity contribution is 5.99. The zero-order valence-electron chi connectivity index (χ0n) is 18.6. The maximum Gasteiger partial charge on any atom is 0.343 e. The van der Waals surface area contributed by atoms with Gasteiger partial charge in [0.05, 0.1) is 23.8 Å². The van der Waals surface area contributed by atoms with E-state index >= 15 is 0 Å². The summed E-state index contributed by atoms with van der Waals surface area (Å²) in [5, 5.41) is 4.51. The van der Waals surface area contributed by atoms with Crippen LogP contribution in [0.5, 0.6) is 5.75 Å². The molecule has 1 aliphatic rings. The van der Waals surface area contributed by atoms with E-state index in [4.69, 9.17) is 9.47 Å². The maximum atomic E-state index is 13.0. The molecule has 7 heteroatoms. The van der Waals surface area contributed by atoms with E-state index in [0.29, 0.717) is 16.8 Å². The number of amides is 2. The Bertz CT molecular complexity index is 1270. The molecule has 2 amide bonds. The molecule has 1 aliphatic heterocycles. The molecule has 1 heterocycles. The van der Waals surface area contributed by atoms with Crippen LogP contribution in [0, 0.1) is 0 Å². The Hall–Kier alpha value is -4.13. The van der Waals surface area contributed by atoms with Crippen molar-refractivity contribution in [2.24, 2.45) is 0 Å². The van der Waals surface area contributed by atoms with Crippen molar-refractivity contribution in [3.05, 3.63) is 89.1 Å². The predicted octanol–water partition coefficient (Wildman–Crippen LogP) is 4.59. The second-order valence-electron chi connectivity index (χ2n) is 7.62. The smallest absolute Gasteiger partial charge is 0.343 e. The molecule has 7 nitrogen and oxygen atoms in total. The Morgan fingerprint density at radius 1 is 0.970 bits per heavy atom. The quantitative estimate of drug-likeness (QED) is 0.460. The van der Waals surface area contributed by atoms with Gasteiger partial charge in [-0.1, -0.05) is 48.5 Å². The van der Waals surface area contributed by atoms with Crippen LogP contribution in [0.15, 0.2) is 78.0 Å². The van der Waals surface area contributed by atoms with Crippen LogP contribution >= 0.6 is 0 Å². The standard InChI is InChI=1S/C26H24N2O5/c1-4-32-25(30)21-16(2)28(3)26(31)27-23(21)22-19-13-9-8-10-17(19)14-15-20(22)33-24(29)18-11-6-5-7-12-18/h5-15,23H,4H2,1-3H3,(H,27,31). The number of nitrogens with zero attached hydrogens (tertiary/aromatic N) is 1. The third-order valence-electron chi connectivity index (χ3n) is 5.68. The summed E-state index contributed by atoms with van der Waals surface area (Å²) < 4.78 is 11.1. The summed E-state index contributed by atoms with van der Waals surface area (Å²) in [6.07, 6.45) is 0. The number of esters is 2. The van der Waals surface area contributed by atoms with Gasteiger partial charge in [-0.15, -0.1) is 0 Å². The third kappa shape index (κ3) is 4.17. The summed E-state index contributed by atoms with van der Waals surface area (Å²) in [5.41, 5.74) is 1.66. The highest BCUT2D eigenvalue weighted by Gasteiger charge is 2.37. The molecule has 3 aromatic carbocycles. The number of ether oxygens (including phenoxy) is 2. The zero-order valence-corrected chi connectivity index (χ0v) is 18.6. The molecule has 0 saturated carbocycles. The van der Waals surface area contributed by atoms with Gasteiger partial charge in [-0.05, 0) is 42.8 Å². The first kappa shape index (κ1) is 22.1. The van der Waals surface area contributed by atoms with Crippen LogP contribution in [0.2, 0.25) is 0 Å². The molecule has 0 aliphatic carbocycles. The van der Waals surface area contributed by atoms with Gasteiger partial charge in [0.1, 0.15) is 5.75 Å². The lowest BCUT2D eigenvalue weighted by Gasteiger charge is -2.34. The van der Waals surface area contributed by atoms with E-state index in [-0.39, 0.29) is 24.0 Å². The van der Waals surface area contributed by atoms with Gasteiger partial charge in [0.25, 0.3) is 0 Å². The number of hydrogen-bond donors (Lipinski definition) is 1. The van der Waals surface area contributed by atoms with E-state index in [1.54, 1.807) is 51.2 Å². The Morgan fingerprint density at radius 2 is 1.67 bits per heavy atom. The van der Waals surface area contributed by atoms with Gasteiger partial charge in [-0.3, -0.25) is 0 Å². The SMILES string of the molecule is CCOC(=O)C1=C(C)N(C)C(=O)NC1c1c(OC(=O)c2ccccc2)ccc2ccccc12. The highest BCUT2D eigenvalue weighted by atomic mass is 16.5. The minimum atomic E-state index is -0.863. The van der Waals surface area contributed by atoms with Crippen molar-refractivity contribution in [3.8, 4) is 5.75 Å². The average molecular weight is 444 g/mol. The van der Waals surface area contributed by atoms with E-state index in [9.17, 15) is 14.4 Å². The van der Waals surface area contributed by atoms with Crippen molar-refractivity contribution in [1.82, 2.24) is 10.2 Å². The van der Waals surface area contributed by atoms with Gasteiger partial charge in [0.2, 0.25) is 0 Å². The zero-order chi connectivity index (χ0) is 23.5. The fraction of sp³-hybridized carbons (Fsp3) is 0.192. The van der Waals surface area contributed by atoms with E-state index in [1.807, 2.05) is 36.4 Å². The number of carbonyl (C=O) groups excluding carboxylic acids is 3. The lowest BCUT2D eigenvalue weighted by Crippen LogP contribution is -2.46. The van der Waals surface area contributed by atoms with Gasteiger partial charge >= 0.3 is 18.0 Å². The molecular formula is C26H24N2O5. The Labute approximate surface area is 191 Å². The first-order valence-electron chi connectivity index (χ1n) is 10.6. The van der Waals surface area contributed by atoms with E-state index in [2.05, 4.69) is 5.32 Å². The first-order valence-corrected chi connectivity index (χ1v) is 10.6. The molecule has 1 unspecified atom stereocenters. The Kier molecular flexibility index (Phi) is 6.13. The summed E-state index contributed by atoms with van der Waals surface area (Å²) in [6, 6.07) is 18.4. The number of nitrogens with one attached hydrogen (secondary N) is 1. The van der Waals surface area contributed by atoms with E-state index < -0.39 is 18.0 Å². The third-order valence-corrected chi connectivity index (χ3v) is 5.68. The fourth-order valence-corrected chi connectivity index (χ4v) is 3.92. The molecule has 3 aromatic rings. The second-order valence-corrected chi connectivity index (χ2v) is 7.62. The van der Waals surface area contributed by atoms with Gasteiger partial charge in [0.15, 0.2) is 0 Å². The molecule has 1 atom stereocenters. The van der Waals surface area contributed by atoms with Crippen LogP contribution in [0.25, 0.3) is 10.8 Å². The normalized spacial score (nSPS) is 15.9. The summed E-state index contributed by atoms with van der Waals surface area (Å²) in [6.45, 7) is 3.60. The number of benzene rings is 3. The van der Waals surface area contributed by atoms with Crippen LogP contribution in [0.1, 0.15) is 35.8 Å². The molecule has 0 saturated heterocycles. The number of urea groups is 1. The summed E-state index contributed by atoms with van der Waals surface area (Å²) in [5.74, 6) is -0.822. The van der Waals surface area contributed by atoms with Crippen LogP contribution in [0.3, 0.4) is 0 Å². The monoisotopic (exact) mass is 444 g/mol. The average Bonchev–Trinajstić information content (AvgIpc) is 2.83. The predicted molar refractivity (Wildman–Crippen MR) is 124 cm³/mol. The molecule has 0 radical (unpaired) electrons. The second kappa shape index (κ2) is 9.16. The first-order chi connectivity index (χ1) is 15.9. The lowest BCUT2D eigenvalue weighted by atomic mass is 9.90. The molecule has 33 heavy (non-hydrogen) atoms. The summed E-state index contributed by atoms with van der Waals surface area (Å²) in [7, 11) is 1.58. The lowest BCUT2D eigenvalue weighted by molar-refractivity contribution is -0.139. The summed E-state index contributed by atoms with van der Waals surface area (Å²) >= 11 is 0. The summed E-state index contributed by atoms with van der Waals surface area (Å²) in [4.78, 5) is 39.9. The molecule has 4 rings (SSSR count). The molecule has 0 aromatic heterocycles. The van der Waals surface area contributed by atoms with Crippen molar-refractivity contribution >= 4 is 28.7 Å². The van der Waals surface area contributed by atoms with Crippen molar-refractivity contribution in [1.29, 1.82) is 0 Å². The minimum absolute atomic E-state index is 0.186. The van der Waals surface area contributed by atoms with E-state index in [0.717, 1.165) is 10.8 Å². The van der Waals surface area contributed by atoms with Crippen molar-refractivity contribution in [2.45, 2.75) is 19.9 Å². The van der Waals surface area contributed by atoms with E-state index in [1.165, 1.54) is 4.90 Å². The fourth-order valence-electron chi connectivity index (χ4n) is 3.92. The van der Waals surface area contributed by atoms with Crippen LogP contribution in [-0.4, -0.2) is 36.5 Å². The van der Waals surface area contributed by atoms with Crippen LogP contribution in [-0.2, 0) is 9.53 Å². The number of carbonyl (C=O) groups is 3. The van der Waals surface area contributed by atoms with Crippen molar-refractivity contribution in [2.75, 3.05) is 13.7 Å². The van der Waals surface area contributed by atoms with Gasteiger partial charge < -0.3 is 19.7 Å². The topological polar surface area (TPSA) is 84.9 Å². The number of allylic oxidation sites excluding steroid dienone is 1. The molecule has 168 valence electrons. The Morgan fingerprint density at radius 3 is 2.39 bits per heavy atom. The van der Waals surface area contributed by atoms with Gasteiger partial charge in [-0.25, -0.2) is 14.4 Å². The van der Waals surface area contributed by atoms with Crippen LogP contribution < -0.4 is 10.1 Å². The van der Waals surface area contributed by atoms with Gasteiger partial charge in [-0.2, -0.15) is 0 Å². The number of hydrogen-bond acceptors (Lipinski definition) is 5. The molecule has 0 fully saturated rings. The van der Waals surface area contributed by atoms with Crippen LogP contribution in [0.4, 0.5) is 4.79 Å². The highest BCUT2D eigenvalue weighted by Crippen LogP contribution is 2.40. The molecular weight excluding hydrogens is 420 g/mol. The minimum Gasteiger partial charge on any atom is -0.463 e. The number of rotatable bonds is 5. The Balaban J connectivity index is 1.90. The number of fused-ring (bicyclic) bond motifs is 1. The van der Waals surface area contributed by atoms with Gasteiger partial charge in [0, 0.05) is 18.3 Å². The maximum absolute atomic E-state index is 13.0. The molecule has 1 N–H and O–H groups in total. The molecule has 0 bridgehead atoms. The largest absolute Gasteiger partial charge is 0.463 e. The molecule has 0 spiro atoms. The van der Waals surface area contributed by atoms with Crippen molar-refractivity contribution < 1.29 is 23.9 Å².